The molecular formula is C33H33F3N6O3S. The van der Waals surface area contributed by atoms with E-state index in [4.69, 9.17) is 4.74 Å². The molecule has 0 aliphatic rings. The Labute approximate surface area is 268 Å². The van der Waals surface area contributed by atoms with Gasteiger partial charge in [0, 0.05) is 16.6 Å². The van der Waals surface area contributed by atoms with E-state index in [2.05, 4.69) is 39.0 Å². The van der Waals surface area contributed by atoms with Crippen LogP contribution < -0.4 is 19.6 Å². The fourth-order valence-electron chi connectivity index (χ4n) is 4.96. The SMILES string of the molecule is CCC(NC(=O)N=c1scc(C)n1-c1ccc(OC)cc1C(C)C)c1ccc(-c2ncn(-c3ccc(OC(F)(F)F)cc3)n2)cc1. The minimum Gasteiger partial charge on any atom is -0.497 e. The number of carbonyl (C=O) groups excluding carboxylic acids is 1. The molecule has 0 bridgehead atoms. The van der Waals surface area contributed by atoms with Gasteiger partial charge in [0.05, 0.1) is 24.5 Å². The van der Waals surface area contributed by atoms with Crippen LogP contribution in [0.25, 0.3) is 22.8 Å². The molecule has 1 N–H and O–H groups in total. The predicted octanol–water partition coefficient (Wildman–Crippen LogP) is 7.89. The number of benzene rings is 3. The van der Waals surface area contributed by atoms with Crippen molar-refractivity contribution in [2.75, 3.05) is 7.11 Å². The van der Waals surface area contributed by atoms with E-state index < -0.39 is 12.4 Å². The number of carbonyl (C=O) groups is 1. The fraction of sp³-hybridized carbons (Fsp3) is 0.273. The highest BCUT2D eigenvalue weighted by atomic mass is 32.1. The van der Waals surface area contributed by atoms with Crippen LogP contribution in [-0.4, -0.2) is 38.8 Å². The Morgan fingerprint density at radius 1 is 1.04 bits per heavy atom. The van der Waals surface area contributed by atoms with Gasteiger partial charge in [-0.25, -0.2) is 14.5 Å². The molecule has 2 amide bonds. The van der Waals surface area contributed by atoms with Crippen molar-refractivity contribution >= 4 is 17.4 Å². The molecule has 1 atom stereocenters. The van der Waals surface area contributed by atoms with E-state index >= 15 is 0 Å². The smallest absolute Gasteiger partial charge is 0.497 e. The summed E-state index contributed by atoms with van der Waals surface area (Å²) < 4.78 is 50.2. The van der Waals surface area contributed by atoms with E-state index in [9.17, 15) is 18.0 Å². The average molecular weight is 651 g/mol. The molecule has 9 nitrogen and oxygen atoms in total. The predicted molar refractivity (Wildman–Crippen MR) is 170 cm³/mol. The van der Waals surface area contributed by atoms with Gasteiger partial charge < -0.3 is 14.8 Å². The zero-order chi connectivity index (χ0) is 33.0. The van der Waals surface area contributed by atoms with Gasteiger partial charge in [-0.05, 0) is 72.9 Å². The summed E-state index contributed by atoms with van der Waals surface area (Å²) >= 11 is 1.40. The number of methoxy groups -OCH3 is 1. The number of amides is 2. The zero-order valence-electron chi connectivity index (χ0n) is 25.9. The molecule has 1 unspecified atom stereocenters. The first-order chi connectivity index (χ1) is 22.0. The van der Waals surface area contributed by atoms with Crippen molar-refractivity contribution in [2.24, 2.45) is 4.99 Å². The molecule has 3 aromatic carbocycles. The van der Waals surface area contributed by atoms with E-state index in [1.54, 1.807) is 7.11 Å². The number of nitrogens with one attached hydrogen (secondary N) is 1. The lowest BCUT2D eigenvalue weighted by Gasteiger charge is -2.17. The van der Waals surface area contributed by atoms with E-state index in [0.29, 0.717) is 22.7 Å². The van der Waals surface area contributed by atoms with Crippen LogP contribution in [0.5, 0.6) is 11.5 Å². The third-order valence-electron chi connectivity index (χ3n) is 7.28. The quantitative estimate of drug-likeness (QED) is 0.175. The summed E-state index contributed by atoms with van der Waals surface area (Å²) in [4.78, 5) is 22.5. The van der Waals surface area contributed by atoms with Gasteiger partial charge in [0.15, 0.2) is 10.6 Å². The van der Waals surface area contributed by atoms with Crippen LogP contribution in [0, 0.1) is 6.92 Å². The van der Waals surface area contributed by atoms with Crippen molar-refractivity contribution in [1.29, 1.82) is 0 Å². The Kier molecular flexibility index (Phi) is 9.61. The van der Waals surface area contributed by atoms with E-state index in [-0.39, 0.29) is 17.7 Å². The van der Waals surface area contributed by atoms with Gasteiger partial charge >= 0.3 is 12.4 Å². The third kappa shape index (κ3) is 7.48. The van der Waals surface area contributed by atoms with Gasteiger partial charge in [-0.3, -0.25) is 4.57 Å². The summed E-state index contributed by atoms with van der Waals surface area (Å²) in [5.74, 6) is 1.11. The molecule has 13 heteroatoms. The standard InChI is InChI=1S/C33H33F3N6O3S/c1-6-28(38-31(43)39-32-42(21(4)18-46-32)29-16-15-26(44-5)17-27(29)20(2)3)22-7-9-23(10-8-22)30-37-19-41(40-30)24-11-13-25(14-12-24)45-33(34,35)36/h7-20,28H,6H2,1-5H3,(H,38,43). The highest BCUT2D eigenvalue weighted by Crippen LogP contribution is 2.29. The molecule has 46 heavy (non-hydrogen) atoms. The van der Waals surface area contributed by atoms with Gasteiger partial charge in [-0.1, -0.05) is 45.0 Å². The number of ether oxygens (including phenoxy) is 2. The number of aromatic nitrogens is 4. The summed E-state index contributed by atoms with van der Waals surface area (Å²) in [6, 6.07) is 18.0. The van der Waals surface area contributed by atoms with E-state index in [1.165, 1.54) is 46.6 Å². The number of thiazole rings is 1. The second kappa shape index (κ2) is 13.6. The molecule has 240 valence electrons. The van der Waals surface area contributed by atoms with Crippen LogP contribution in [0.1, 0.15) is 56.0 Å². The molecular weight excluding hydrogens is 617 g/mol. The molecule has 5 aromatic rings. The van der Waals surface area contributed by atoms with Crippen LogP contribution >= 0.6 is 11.3 Å². The molecule has 0 spiro atoms. The molecule has 0 saturated carbocycles. The minimum absolute atomic E-state index is 0.225. The number of hydrogen-bond acceptors (Lipinski definition) is 6. The first-order valence-electron chi connectivity index (χ1n) is 14.5. The summed E-state index contributed by atoms with van der Waals surface area (Å²) in [7, 11) is 1.64. The normalized spacial score (nSPS) is 12.8. The molecule has 0 aliphatic carbocycles. The molecule has 0 aliphatic heterocycles. The summed E-state index contributed by atoms with van der Waals surface area (Å²) in [6.45, 7) is 8.19. The van der Waals surface area contributed by atoms with Crippen molar-refractivity contribution in [3.05, 3.63) is 100 Å². The van der Waals surface area contributed by atoms with E-state index in [0.717, 1.165) is 33.8 Å². The number of nitrogens with zero attached hydrogens (tertiary/aromatic N) is 5. The maximum atomic E-state index is 13.2. The molecule has 2 aromatic heterocycles. The lowest BCUT2D eigenvalue weighted by molar-refractivity contribution is -0.274. The largest absolute Gasteiger partial charge is 0.573 e. The average Bonchev–Trinajstić information content (AvgIpc) is 3.66. The van der Waals surface area contributed by atoms with Crippen molar-refractivity contribution in [3.63, 3.8) is 0 Å². The van der Waals surface area contributed by atoms with Crippen LogP contribution in [0.15, 0.2) is 83.4 Å². The van der Waals surface area contributed by atoms with Gasteiger partial charge in [-0.2, -0.15) is 4.99 Å². The Balaban J connectivity index is 1.31. The second-order valence-electron chi connectivity index (χ2n) is 10.8. The Hall–Kier alpha value is -4.91. The number of urea groups is 1. The van der Waals surface area contributed by atoms with Gasteiger partial charge in [0.2, 0.25) is 0 Å². The van der Waals surface area contributed by atoms with Crippen LogP contribution in [-0.2, 0) is 0 Å². The number of halogens is 3. The summed E-state index contributed by atoms with van der Waals surface area (Å²) in [5.41, 5.74) is 5.16. The molecule has 2 heterocycles. The second-order valence-corrected chi connectivity index (χ2v) is 11.6. The van der Waals surface area contributed by atoms with Crippen molar-refractivity contribution < 1.29 is 27.4 Å². The Bertz CT molecular complexity index is 1880. The van der Waals surface area contributed by atoms with Crippen LogP contribution in [0.2, 0.25) is 0 Å². The summed E-state index contributed by atoms with van der Waals surface area (Å²) in [5, 5.41) is 9.46. The molecule has 0 fully saturated rings. The lowest BCUT2D eigenvalue weighted by Crippen LogP contribution is -2.28. The van der Waals surface area contributed by atoms with Crippen molar-refractivity contribution in [3.8, 4) is 34.3 Å². The topological polar surface area (TPSA) is 95.6 Å². The monoisotopic (exact) mass is 650 g/mol. The molecule has 0 radical (unpaired) electrons. The summed E-state index contributed by atoms with van der Waals surface area (Å²) in [6.07, 6.45) is -2.64. The Morgan fingerprint density at radius 3 is 2.37 bits per heavy atom. The number of hydrogen-bond donors (Lipinski definition) is 1. The number of aryl methyl sites for hydroxylation is 1. The third-order valence-corrected chi connectivity index (χ3v) is 8.22. The fourth-order valence-corrected chi connectivity index (χ4v) is 5.83. The van der Waals surface area contributed by atoms with Gasteiger partial charge in [-0.15, -0.1) is 29.6 Å². The highest BCUT2D eigenvalue weighted by Gasteiger charge is 2.31. The van der Waals surface area contributed by atoms with Gasteiger partial charge in [0.1, 0.15) is 17.8 Å². The van der Waals surface area contributed by atoms with Gasteiger partial charge in [0.25, 0.3) is 0 Å². The maximum absolute atomic E-state index is 13.2. The number of alkyl halides is 3. The zero-order valence-corrected chi connectivity index (χ0v) is 26.7. The molecule has 0 saturated heterocycles. The number of rotatable bonds is 9. The molecule has 5 rings (SSSR count). The van der Waals surface area contributed by atoms with Crippen molar-refractivity contribution in [1.82, 2.24) is 24.6 Å². The van der Waals surface area contributed by atoms with Crippen molar-refractivity contribution in [2.45, 2.75) is 52.4 Å². The Morgan fingerprint density at radius 2 is 1.74 bits per heavy atom. The maximum Gasteiger partial charge on any atom is 0.573 e. The van der Waals surface area contributed by atoms with Crippen LogP contribution in [0.3, 0.4) is 0 Å². The highest BCUT2D eigenvalue weighted by molar-refractivity contribution is 7.07. The first-order valence-corrected chi connectivity index (χ1v) is 15.4. The van der Waals surface area contributed by atoms with E-state index in [1.807, 2.05) is 66.3 Å². The van der Waals surface area contributed by atoms with Crippen LogP contribution in [0.4, 0.5) is 18.0 Å². The lowest BCUT2D eigenvalue weighted by atomic mass is 10.0. The minimum atomic E-state index is -4.76. The first kappa shape index (κ1) is 32.5.